The molecule has 3 rings (SSSR count). The van der Waals surface area contributed by atoms with Crippen molar-refractivity contribution in [3.8, 4) is 5.75 Å². The first-order valence-corrected chi connectivity index (χ1v) is 9.41. The van der Waals surface area contributed by atoms with E-state index in [-0.39, 0.29) is 23.8 Å². The molecule has 2 heterocycles. The van der Waals surface area contributed by atoms with Crippen LogP contribution in [-0.4, -0.2) is 43.5 Å². The molecular formula is C20H27N5O4. The molecule has 2 aromatic heterocycles. The van der Waals surface area contributed by atoms with Gasteiger partial charge < -0.3 is 19.7 Å². The number of aryl methyl sites for hydroxylation is 2. The maximum Gasteiger partial charge on any atom is 0.332 e. The van der Waals surface area contributed by atoms with Crippen LogP contribution in [0.15, 0.2) is 33.9 Å². The minimum atomic E-state index is -0.938. The predicted octanol–water partition coefficient (Wildman–Crippen LogP) is 0.234. The maximum atomic E-state index is 12.5. The summed E-state index contributed by atoms with van der Waals surface area (Å²) in [7, 11) is 6.29. The average molecular weight is 401 g/mol. The Morgan fingerprint density at radius 1 is 1.14 bits per heavy atom. The third kappa shape index (κ3) is 3.83. The van der Waals surface area contributed by atoms with E-state index in [2.05, 4.69) is 10.3 Å². The molecule has 9 nitrogen and oxygen atoms in total. The van der Waals surface area contributed by atoms with Crippen LogP contribution in [0.3, 0.4) is 0 Å². The molecule has 0 radical (unpaired) electrons. The third-order valence-electron chi connectivity index (χ3n) is 5.19. The average Bonchev–Trinajstić information content (AvgIpc) is 3.06. The minimum absolute atomic E-state index is 0.0767. The number of nitrogens with one attached hydrogen (secondary N) is 1. The summed E-state index contributed by atoms with van der Waals surface area (Å²) in [6.45, 7) is 2.27. The summed E-state index contributed by atoms with van der Waals surface area (Å²) in [6, 6.07) is 7.89. The highest BCUT2D eigenvalue weighted by Gasteiger charge is 2.22. The van der Waals surface area contributed by atoms with Gasteiger partial charge in [-0.05, 0) is 25.0 Å². The van der Waals surface area contributed by atoms with Crippen molar-refractivity contribution >= 4 is 11.2 Å². The second-order valence-corrected chi connectivity index (χ2v) is 7.25. The van der Waals surface area contributed by atoms with Gasteiger partial charge in [0.2, 0.25) is 0 Å². The number of benzene rings is 1. The summed E-state index contributed by atoms with van der Waals surface area (Å²) in [5.41, 5.74) is 0.729. The summed E-state index contributed by atoms with van der Waals surface area (Å²) >= 11 is 0. The van der Waals surface area contributed by atoms with Gasteiger partial charge in [-0.1, -0.05) is 18.2 Å². The minimum Gasteiger partial charge on any atom is -0.496 e. The van der Waals surface area contributed by atoms with Gasteiger partial charge >= 0.3 is 5.69 Å². The quantitative estimate of drug-likeness (QED) is 0.588. The standard InChI is InChI=1S/C20H27N5O4/c1-12(10-13-8-6-7-9-15(13)29-5)21-11-14(26)17-22-18-16(23(17)2)19(27)25(4)20(28)24(18)3/h6-9,12,14,21,26H,10-11H2,1-5H3. The molecule has 156 valence electrons. The molecule has 0 fully saturated rings. The van der Waals surface area contributed by atoms with Gasteiger partial charge in [0.1, 0.15) is 17.7 Å². The first-order chi connectivity index (χ1) is 13.8. The number of hydrogen-bond donors (Lipinski definition) is 2. The highest BCUT2D eigenvalue weighted by atomic mass is 16.5. The number of nitrogens with zero attached hydrogens (tertiary/aromatic N) is 4. The first kappa shape index (κ1) is 20.8. The second-order valence-electron chi connectivity index (χ2n) is 7.25. The van der Waals surface area contributed by atoms with Crippen LogP contribution in [0.4, 0.5) is 0 Å². The fraction of sp³-hybridized carbons (Fsp3) is 0.450. The monoisotopic (exact) mass is 401 g/mol. The molecule has 0 saturated heterocycles. The van der Waals surface area contributed by atoms with E-state index in [1.165, 1.54) is 11.6 Å². The molecule has 0 bridgehead atoms. The lowest BCUT2D eigenvalue weighted by Gasteiger charge is -2.18. The van der Waals surface area contributed by atoms with Crippen molar-refractivity contribution in [2.24, 2.45) is 21.1 Å². The Balaban J connectivity index is 1.78. The topological polar surface area (TPSA) is 103 Å². The van der Waals surface area contributed by atoms with Crippen LogP contribution in [0.2, 0.25) is 0 Å². The van der Waals surface area contributed by atoms with Crippen molar-refractivity contribution in [3.05, 3.63) is 56.5 Å². The number of aliphatic hydroxyl groups is 1. The van der Waals surface area contributed by atoms with Gasteiger partial charge in [0.05, 0.1) is 7.11 Å². The SMILES string of the molecule is COc1ccccc1CC(C)NCC(O)c1nc2c(c(=O)n(C)c(=O)n2C)n1C. The van der Waals surface area contributed by atoms with Gasteiger partial charge in [-0.2, -0.15) is 0 Å². The fourth-order valence-electron chi connectivity index (χ4n) is 3.51. The van der Waals surface area contributed by atoms with Crippen LogP contribution in [0.5, 0.6) is 5.75 Å². The molecule has 9 heteroatoms. The molecule has 0 aliphatic carbocycles. The second kappa shape index (κ2) is 8.22. The Labute approximate surface area is 168 Å². The van der Waals surface area contributed by atoms with Gasteiger partial charge in [-0.15, -0.1) is 0 Å². The summed E-state index contributed by atoms with van der Waals surface area (Å²) < 4.78 is 9.28. The van der Waals surface area contributed by atoms with E-state index in [0.29, 0.717) is 5.82 Å². The first-order valence-electron chi connectivity index (χ1n) is 9.41. The highest BCUT2D eigenvalue weighted by Crippen LogP contribution is 2.19. The summed E-state index contributed by atoms with van der Waals surface area (Å²) in [4.78, 5) is 29.0. The van der Waals surface area contributed by atoms with Crippen LogP contribution in [0, 0.1) is 0 Å². The number of fused-ring (bicyclic) bond motifs is 1. The van der Waals surface area contributed by atoms with Crippen LogP contribution in [-0.2, 0) is 27.6 Å². The predicted molar refractivity (Wildman–Crippen MR) is 110 cm³/mol. The van der Waals surface area contributed by atoms with Crippen LogP contribution in [0.1, 0.15) is 24.4 Å². The van der Waals surface area contributed by atoms with Gasteiger partial charge in [-0.3, -0.25) is 13.9 Å². The van der Waals surface area contributed by atoms with Gasteiger partial charge in [0, 0.05) is 33.7 Å². The molecule has 1 aromatic carbocycles. The Hall–Kier alpha value is -2.91. The van der Waals surface area contributed by atoms with Crippen molar-refractivity contribution in [3.63, 3.8) is 0 Å². The van der Waals surface area contributed by atoms with Crippen molar-refractivity contribution in [2.45, 2.75) is 25.5 Å². The highest BCUT2D eigenvalue weighted by molar-refractivity contribution is 5.71. The molecule has 0 aliphatic rings. The van der Waals surface area contributed by atoms with Crippen molar-refractivity contribution in [1.82, 2.24) is 24.0 Å². The fourth-order valence-corrected chi connectivity index (χ4v) is 3.51. The van der Waals surface area contributed by atoms with Crippen molar-refractivity contribution < 1.29 is 9.84 Å². The number of ether oxygens (including phenoxy) is 1. The number of rotatable bonds is 7. The number of aromatic nitrogens is 4. The molecule has 0 aliphatic heterocycles. The van der Waals surface area contributed by atoms with E-state index in [9.17, 15) is 14.7 Å². The third-order valence-corrected chi connectivity index (χ3v) is 5.19. The number of methoxy groups -OCH3 is 1. The van der Waals surface area contributed by atoms with E-state index in [4.69, 9.17) is 4.74 Å². The van der Waals surface area contributed by atoms with E-state index in [1.54, 1.807) is 25.8 Å². The van der Waals surface area contributed by atoms with E-state index >= 15 is 0 Å². The summed E-state index contributed by atoms with van der Waals surface area (Å²) in [5, 5.41) is 14.0. The Kier molecular flexibility index (Phi) is 5.90. The lowest BCUT2D eigenvalue weighted by molar-refractivity contribution is 0.158. The van der Waals surface area contributed by atoms with Gasteiger partial charge in [0.25, 0.3) is 5.56 Å². The number of hydrogen-bond acceptors (Lipinski definition) is 6. The molecule has 2 atom stereocenters. The molecular weight excluding hydrogens is 374 g/mol. The van der Waals surface area contributed by atoms with Gasteiger partial charge in [-0.25, -0.2) is 9.78 Å². The number of para-hydroxylation sites is 1. The lowest BCUT2D eigenvalue weighted by atomic mass is 10.1. The molecule has 2 unspecified atom stereocenters. The zero-order valence-corrected chi connectivity index (χ0v) is 17.3. The molecule has 0 amide bonds. The molecule has 0 spiro atoms. The maximum absolute atomic E-state index is 12.5. The van der Waals surface area contributed by atoms with Crippen molar-refractivity contribution in [1.29, 1.82) is 0 Å². The molecule has 29 heavy (non-hydrogen) atoms. The van der Waals surface area contributed by atoms with Crippen LogP contribution in [0.25, 0.3) is 11.2 Å². The van der Waals surface area contributed by atoms with E-state index < -0.39 is 17.4 Å². The summed E-state index contributed by atoms with van der Waals surface area (Å²) in [5.74, 6) is 1.16. The number of aliphatic hydroxyl groups excluding tert-OH is 1. The summed E-state index contributed by atoms with van der Waals surface area (Å²) in [6.07, 6.45) is -0.207. The lowest BCUT2D eigenvalue weighted by Crippen LogP contribution is -2.37. The van der Waals surface area contributed by atoms with E-state index in [1.807, 2.05) is 31.2 Å². The normalized spacial score (nSPS) is 13.6. The Morgan fingerprint density at radius 3 is 2.52 bits per heavy atom. The molecule has 3 aromatic rings. The van der Waals surface area contributed by atoms with Crippen molar-refractivity contribution in [2.75, 3.05) is 13.7 Å². The Morgan fingerprint density at radius 2 is 1.83 bits per heavy atom. The van der Waals surface area contributed by atoms with Crippen LogP contribution < -0.4 is 21.3 Å². The number of imidazole rings is 1. The largest absolute Gasteiger partial charge is 0.496 e. The van der Waals surface area contributed by atoms with E-state index in [0.717, 1.165) is 22.3 Å². The smallest absolute Gasteiger partial charge is 0.332 e. The zero-order valence-electron chi connectivity index (χ0n) is 17.3. The molecule has 0 saturated carbocycles. The zero-order chi connectivity index (χ0) is 21.3. The van der Waals surface area contributed by atoms with Crippen LogP contribution >= 0.6 is 0 Å². The Bertz CT molecular complexity index is 1140. The van der Waals surface area contributed by atoms with Gasteiger partial charge in [0.15, 0.2) is 11.2 Å². The molecule has 2 N–H and O–H groups in total.